The molecule has 0 saturated carbocycles. The van der Waals surface area contributed by atoms with Crippen molar-refractivity contribution in [3.05, 3.63) is 23.9 Å². The molecule has 0 bridgehead atoms. The molecule has 0 amide bonds. The van der Waals surface area contributed by atoms with E-state index in [1.807, 2.05) is 12.3 Å². The summed E-state index contributed by atoms with van der Waals surface area (Å²) in [4.78, 5) is 11.1. The third-order valence-corrected chi connectivity index (χ3v) is 4.06. The number of rotatable bonds is 9. The van der Waals surface area contributed by atoms with Gasteiger partial charge in [-0.25, -0.2) is 4.98 Å². The van der Waals surface area contributed by atoms with Crippen LogP contribution in [0.4, 0.5) is 5.82 Å². The molecular weight excluding hydrogens is 457 g/mol. The number of halogens is 1. The first kappa shape index (κ1) is 23.9. The van der Waals surface area contributed by atoms with Gasteiger partial charge in [-0.15, -0.1) is 24.0 Å². The van der Waals surface area contributed by atoms with Crippen LogP contribution in [0.25, 0.3) is 0 Å². The Bertz CT molecular complexity index is 551. The van der Waals surface area contributed by atoms with E-state index in [1.54, 1.807) is 7.05 Å². The maximum absolute atomic E-state index is 5.60. The number of hydrogen-bond acceptors (Lipinski definition) is 5. The molecule has 1 aliphatic heterocycles. The number of anilines is 1. The number of hydrogen-bond donors (Lipinski definition) is 2. The molecule has 27 heavy (non-hydrogen) atoms. The van der Waals surface area contributed by atoms with Crippen molar-refractivity contribution < 1.29 is 9.47 Å². The van der Waals surface area contributed by atoms with E-state index in [0.29, 0.717) is 12.5 Å². The van der Waals surface area contributed by atoms with Crippen molar-refractivity contribution in [2.75, 3.05) is 58.0 Å². The van der Waals surface area contributed by atoms with Crippen LogP contribution in [0.2, 0.25) is 0 Å². The second-order valence-electron chi connectivity index (χ2n) is 6.76. The lowest BCUT2D eigenvalue weighted by Gasteiger charge is -2.29. The number of aromatic nitrogens is 1. The van der Waals surface area contributed by atoms with Crippen LogP contribution in [0.3, 0.4) is 0 Å². The Balaban J connectivity index is 0.00000364. The normalized spacial score (nSPS) is 14.8. The molecule has 0 radical (unpaired) electrons. The van der Waals surface area contributed by atoms with Crippen LogP contribution >= 0.6 is 24.0 Å². The molecule has 0 aromatic carbocycles. The molecule has 0 spiro atoms. The van der Waals surface area contributed by atoms with Crippen molar-refractivity contribution >= 4 is 35.8 Å². The van der Waals surface area contributed by atoms with E-state index >= 15 is 0 Å². The number of ether oxygens (including phenoxy) is 2. The Labute approximate surface area is 180 Å². The summed E-state index contributed by atoms with van der Waals surface area (Å²) in [5.74, 6) is 2.41. The highest BCUT2D eigenvalue weighted by molar-refractivity contribution is 14.0. The zero-order valence-corrected chi connectivity index (χ0v) is 19.1. The highest BCUT2D eigenvalue weighted by Crippen LogP contribution is 2.18. The topological polar surface area (TPSA) is 71.0 Å². The summed E-state index contributed by atoms with van der Waals surface area (Å²) >= 11 is 0. The van der Waals surface area contributed by atoms with Gasteiger partial charge in [0.2, 0.25) is 0 Å². The zero-order chi connectivity index (χ0) is 18.6. The fraction of sp³-hybridized carbons (Fsp3) is 0.684. The smallest absolute Gasteiger partial charge is 0.191 e. The van der Waals surface area contributed by atoms with Gasteiger partial charge < -0.3 is 25.0 Å². The monoisotopic (exact) mass is 491 g/mol. The summed E-state index contributed by atoms with van der Waals surface area (Å²) in [6.45, 7) is 10.7. The number of pyridine rings is 1. The average molecular weight is 491 g/mol. The van der Waals surface area contributed by atoms with Crippen LogP contribution < -0.4 is 15.5 Å². The second kappa shape index (κ2) is 14.0. The third-order valence-electron chi connectivity index (χ3n) is 4.06. The SMILES string of the molecule is CN=C(NCCCOCC(C)C)NCc1cccnc1N1CCOCC1.I. The molecule has 1 aromatic heterocycles. The molecule has 1 aliphatic rings. The molecule has 1 aromatic rings. The lowest BCUT2D eigenvalue weighted by Crippen LogP contribution is -2.39. The largest absolute Gasteiger partial charge is 0.381 e. The summed E-state index contributed by atoms with van der Waals surface area (Å²) in [7, 11) is 1.79. The number of aliphatic imine (C=N–C) groups is 1. The molecule has 2 rings (SSSR count). The molecule has 2 N–H and O–H groups in total. The van der Waals surface area contributed by atoms with Gasteiger partial charge in [-0.1, -0.05) is 19.9 Å². The summed E-state index contributed by atoms with van der Waals surface area (Å²) in [6.07, 6.45) is 2.80. The minimum atomic E-state index is 0. The number of guanidine groups is 1. The van der Waals surface area contributed by atoms with Crippen molar-refractivity contribution in [1.29, 1.82) is 0 Å². The third kappa shape index (κ3) is 9.07. The molecule has 8 heteroatoms. The van der Waals surface area contributed by atoms with Crippen molar-refractivity contribution in [3.8, 4) is 0 Å². The fourth-order valence-electron chi connectivity index (χ4n) is 2.73. The van der Waals surface area contributed by atoms with Crippen LogP contribution in [0.1, 0.15) is 25.8 Å². The number of nitrogens with one attached hydrogen (secondary N) is 2. The van der Waals surface area contributed by atoms with Crippen LogP contribution in [-0.2, 0) is 16.0 Å². The lowest BCUT2D eigenvalue weighted by atomic mass is 10.2. The maximum Gasteiger partial charge on any atom is 0.191 e. The molecule has 154 valence electrons. The Morgan fingerprint density at radius 2 is 2.11 bits per heavy atom. The minimum Gasteiger partial charge on any atom is -0.381 e. The first-order chi connectivity index (χ1) is 12.7. The van der Waals surface area contributed by atoms with Gasteiger partial charge in [0.25, 0.3) is 0 Å². The average Bonchev–Trinajstić information content (AvgIpc) is 2.67. The number of nitrogens with zero attached hydrogens (tertiary/aromatic N) is 3. The van der Waals surface area contributed by atoms with Crippen molar-refractivity contribution in [1.82, 2.24) is 15.6 Å². The van der Waals surface area contributed by atoms with Gasteiger partial charge in [0.1, 0.15) is 5.82 Å². The van der Waals surface area contributed by atoms with Gasteiger partial charge in [0.05, 0.1) is 13.2 Å². The first-order valence-corrected chi connectivity index (χ1v) is 9.49. The van der Waals surface area contributed by atoms with Gasteiger partial charge in [-0.2, -0.15) is 0 Å². The second-order valence-corrected chi connectivity index (χ2v) is 6.76. The summed E-state index contributed by atoms with van der Waals surface area (Å²) in [5.41, 5.74) is 1.16. The lowest BCUT2D eigenvalue weighted by molar-refractivity contribution is 0.108. The molecule has 0 atom stereocenters. The van der Waals surface area contributed by atoms with Crippen LogP contribution in [0.5, 0.6) is 0 Å². The maximum atomic E-state index is 5.60. The molecular formula is C19H34IN5O2. The van der Waals surface area contributed by atoms with Crippen molar-refractivity contribution in [2.24, 2.45) is 10.9 Å². The summed E-state index contributed by atoms with van der Waals surface area (Å²) < 4.78 is 11.0. The molecule has 7 nitrogen and oxygen atoms in total. The zero-order valence-electron chi connectivity index (χ0n) is 16.7. The van der Waals surface area contributed by atoms with Crippen LogP contribution in [0.15, 0.2) is 23.3 Å². The van der Waals surface area contributed by atoms with Gasteiger partial charge in [-0.05, 0) is 18.4 Å². The quantitative estimate of drug-likeness (QED) is 0.239. The highest BCUT2D eigenvalue weighted by atomic mass is 127. The predicted octanol–water partition coefficient (Wildman–Crippen LogP) is 2.26. The van der Waals surface area contributed by atoms with Gasteiger partial charge >= 0.3 is 0 Å². The van der Waals surface area contributed by atoms with Gasteiger partial charge in [0.15, 0.2) is 5.96 Å². The summed E-state index contributed by atoms with van der Waals surface area (Å²) in [5, 5.41) is 6.71. The highest BCUT2D eigenvalue weighted by Gasteiger charge is 2.15. The minimum absolute atomic E-state index is 0. The van der Waals surface area contributed by atoms with Crippen molar-refractivity contribution in [2.45, 2.75) is 26.8 Å². The number of morpholine rings is 1. The Kier molecular flexibility index (Phi) is 12.4. The Hall–Kier alpha value is -1.13. The van der Waals surface area contributed by atoms with E-state index in [0.717, 1.165) is 69.8 Å². The van der Waals surface area contributed by atoms with Crippen molar-refractivity contribution in [3.63, 3.8) is 0 Å². The standard InChI is InChI=1S/C19H33N5O2.HI/c1-16(2)15-26-11-5-8-22-19(20-3)23-14-17-6-4-7-21-18(17)24-9-12-25-13-10-24;/h4,6-7,16H,5,8-15H2,1-3H3,(H2,20,22,23);1H. The van der Waals surface area contributed by atoms with E-state index in [1.165, 1.54) is 0 Å². The Morgan fingerprint density at radius 1 is 1.33 bits per heavy atom. The van der Waals surface area contributed by atoms with Gasteiger partial charge in [-0.3, -0.25) is 4.99 Å². The molecule has 1 fully saturated rings. The van der Waals surface area contributed by atoms with E-state index in [-0.39, 0.29) is 24.0 Å². The van der Waals surface area contributed by atoms with Gasteiger partial charge in [0, 0.05) is 58.2 Å². The molecule has 1 saturated heterocycles. The predicted molar refractivity (Wildman–Crippen MR) is 121 cm³/mol. The summed E-state index contributed by atoms with van der Waals surface area (Å²) in [6, 6.07) is 4.08. The molecule has 0 unspecified atom stereocenters. The Morgan fingerprint density at radius 3 is 2.81 bits per heavy atom. The van der Waals surface area contributed by atoms with E-state index in [9.17, 15) is 0 Å². The van der Waals surface area contributed by atoms with E-state index in [4.69, 9.17) is 9.47 Å². The first-order valence-electron chi connectivity index (χ1n) is 9.49. The molecule has 2 heterocycles. The van der Waals surface area contributed by atoms with Crippen LogP contribution in [0, 0.1) is 5.92 Å². The van der Waals surface area contributed by atoms with E-state index < -0.39 is 0 Å². The van der Waals surface area contributed by atoms with E-state index in [2.05, 4.69) is 45.4 Å². The van der Waals surface area contributed by atoms with Crippen LogP contribution in [-0.4, -0.2) is 64.1 Å². The molecule has 0 aliphatic carbocycles. The fourth-order valence-corrected chi connectivity index (χ4v) is 2.73.